The number of ether oxygens (including phenoxy) is 1. The Kier molecular flexibility index (Phi) is 7.85. The molecule has 3 heterocycles. The van der Waals surface area contributed by atoms with Crippen molar-refractivity contribution in [2.24, 2.45) is 17.8 Å². The topological polar surface area (TPSA) is 83.7 Å². The second-order valence-corrected chi connectivity index (χ2v) is 9.74. The average molecular weight is 456 g/mol. The van der Waals surface area contributed by atoms with E-state index in [4.69, 9.17) is 9.26 Å². The minimum absolute atomic E-state index is 0.0558. The van der Waals surface area contributed by atoms with Gasteiger partial charge in [0.15, 0.2) is 0 Å². The van der Waals surface area contributed by atoms with Crippen LogP contribution in [0.1, 0.15) is 39.5 Å². The fraction of sp³-hybridized carbons (Fsp3) is 0.640. The summed E-state index contributed by atoms with van der Waals surface area (Å²) < 4.78 is 10.7. The number of aromatic nitrogens is 2. The van der Waals surface area contributed by atoms with Gasteiger partial charge in [-0.2, -0.15) is 4.98 Å². The number of piperidine rings is 2. The summed E-state index contributed by atoms with van der Waals surface area (Å²) in [7, 11) is 1.64. The van der Waals surface area contributed by atoms with E-state index in [2.05, 4.69) is 39.1 Å². The van der Waals surface area contributed by atoms with E-state index in [9.17, 15) is 4.79 Å². The van der Waals surface area contributed by atoms with E-state index in [0.29, 0.717) is 11.8 Å². The molecule has 0 radical (unpaired) electrons. The van der Waals surface area contributed by atoms with Gasteiger partial charge in [-0.25, -0.2) is 0 Å². The molecule has 1 amide bonds. The number of anilines is 1. The number of benzene rings is 1. The lowest BCUT2D eigenvalue weighted by Gasteiger charge is -2.35. The number of rotatable bonds is 8. The summed E-state index contributed by atoms with van der Waals surface area (Å²) in [5.74, 6) is 3.14. The fourth-order valence-electron chi connectivity index (χ4n) is 5.17. The second kappa shape index (κ2) is 11.0. The van der Waals surface area contributed by atoms with Gasteiger partial charge in [0.25, 0.3) is 0 Å². The molecule has 2 fully saturated rings. The molecular weight excluding hydrogens is 418 g/mol. The largest absolute Gasteiger partial charge is 0.497 e. The van der Waals surface area contributed by atoms with Gasteiger partial charge in [-0.05, 0) is 68.3 Å². The third kappa shape index (κ3) is 6.25. The molecule has 33 heavy (non-hydrogen) atoms. The molecule has 1 N–H and O–H groups in total. The molecule has 0 aliphatic carbocycles. The first-order chi connectivity index (χ1) is 16.0. The van der Waals surface area contributed by atoms with Crippen molar-refractivity contribution in [3.05, 3.63) is 24.3 Å². The Bertz CT molecular complexity index is 882. The summed E-state index contributed by atoms with van der Waals surface area (Å²) in [6.07, 6.45) is 3.94. The van der Waals surface area contributed by atoms with Crippen LogP contribution in [-0.2, 0) is 4.79 Å². The van der Waals surface area contributed by atoms with Gasteiger partial charge in [-0.1, -0.05) is 19.0 Å². The number of nitrogens with zero attached hydrogens (tertiary/aromatic N) is 4. The predicted octanol–water partition coefficient (Wildman–Crippen LogP) is 3.45. The van der Waals surface area contributed by atoms with Gasteiger partial charge in [0.2, 0.25) is 11.7 Å². The molecule has 8 heteroatoms. The maximum atomic E-state index is 12.6. The van der Waals surface area contributed by atoms with E-state index < -0.39 is 0 Å². The zero-order chi connectivity index (χ0) is 23.2. The standard InChI is InChI=1S/C25H37N5O3/c1-18-15-19(2)17-29(16-18)12-4-11-26-24(31)21-9-13-30(14-10-21)25-27-23(28-33-25)20-5-7-22(32-3)8-6-20/h5-8,18-19,21H,4,9-17H2,1-3H3,(H,26,31)/t18-,19-/m0/s1. The summed E-state index contributed by atoms with van der Waals surface area (Å²) in [6.45, 7) is 10.4. The Labute approximate surface area is 196 Å². The fourth-order valence-corrected chi connectivity index (χ4v) is 5.17. The third-order valence-electron chi connectivity index (χ3n) is 6.79. The smallest absolute Gasteiger partial charge is 0.324 e. The molecule has 0 bridgehead atoms. The Hall–Kier alpha value is -2.61. The molecule has 2 aliphatic rings. The first kappa shape index (κ1) is 23.5. The number of amides is 1. The number of carbonyl (C=O) groups excluding carboxylic acids is 1. The van der Waals surface area contributed by atoms with E-state index in [-0.39, 0.29) is 11.8 Å². The van der Waals surface area contributed by atoms with Crippen LogP contribution in [0.2, 0.25) is 0 Å². The van der Waals surface area contributed by atoms with Crippen LogP contribution in [0.25, 0.3) is 11.4 Å². The summed E-state index contributed by atoms with van der Waals surface area (Å²) in [5.41, 5.74) is 0.883. The van der Waals surface area contributed by atoms with Crippen molar-refractivity contribution < 1.29 is 14.1 Å². The maximum Gasteiger partial charge on any atom is 0.324 e. The highest BCUT2D eigenvalue weighted by Crippen LogP contribution is 2.26. The minimum Gasteiger partial charge on any atom is -0.497 e. The second-order valence-electron chi connectivity index (χ2n) is 9.74. The van der Waals surface area contributed by atoms with Crippen molar-refractivity contribution in [2.75, 3.05) is 51.3 Å². The monoisotopic (exact) mass is 455 g/mol. The van der Waals surface area contributed by atoms with Crippen molar-refractivity contribution >= 4 is 11.9 Å². The van der Waals surface area contributed by atoms with Crippen LogP contribution in [0, 0.1) is 17.8 Å². The molecule has 2 saturated heterocycles. The zero-order valence-electron chi connectivity index (χ0n) is 20.1. The van der Waals surface area contributed by atoms with Crippen molar-refractivity contribution in [3.63, 3.8) is 0 Å². The first-order valence-electron chi connectivity index (χ1n) is 12.2. The normalized spacial score (nSPS) is 22.3. The highest BCUT2D eigenvalue weighted by atomic mass is 16.5. The molecular formula is C25H37N5O3. The van der Waals surface area contributed by atoms with Crippen LogP contribution >= 0.6 is 0 Å². The molecule has 4 rings (SSSR count). The molecule has 1 aromatic heterocycles. The summed E-state index contributed by atoms with van der Waals surface area (Å²) >= 11 is 0. The predicted molar refractivity (Wildman–Crippen MR) is 128 cm³/mol. The number of likely N-dealkylation sites (tertiary alicyclic amines) is 1. The average Bonchev–Trinajstić information content (AvgIpc) is 3.32. The van der Waals surface area contributed by atoms with Crippen molar-refractivity contribution in [1.82, 2.24) is 20.4 Å². The van der Waals surface area contributed by atoms with Crippen molar-refractivity contribution in [2.45, 2.75) is 39.5 Å². The lowest BCUT2D eigenvalue weighted by atomic mass is 9.92. The number of hydrogen-bond acceptors (Lipinski definition) is 7. The lowest BCUT2D eigenvalue weighted by molar-refractivity contribution is -0.125. The van der Waals surface area contributed by atoms with E-state index in [0.717, 1.165) is 68.6 Å². The number of hydrogen-bond donors (Lipinski definition) is 1. The number of methoxy groups -OCH3 is 1. The number of carbonyl (C=O) groups is 1. The molecule has 2 aromatic rings. The molecule has 2 atom stereocenters. The SMILES string of the molecule is COc1ccc(-c2noc(N3CCC(C(=O)NCCCN4C[C@@H](C)C[C@H](C)C4)CC3)n2)cc1. The third-order valence-corrected chi connectivity index (χ3v) is 6.79. The van der Waals surface area contributed by atoms with Crippen LogP contribution in [0.3, 0.4) is 0 Å². The van der Waals surface area contributed by atoms with E-state index >= 15 is 0 Å². The molecule has 8 nitrogen and oxygen atoms in total. The van der Waals surface area contributed by atoms with Gasteiger partial charge < -0.3 is 24.4 Å². The van der Waals surface area contributed by atoms with Gasteiger partial charge in [-0.15, -0.1) is 0 Å². The number of nitrogens with one attached hydrogen (secondary N) is 1. The maximum absolute atomic E-state index is 12.6. The Morgan fingerprint density at radius 1 is 1.15 bits per heavy atom. The van der Waals surface area contributed by atoms with Crippen LogP contribution in [0.15, 0.2) is 28.8 Å². The van der Waals surface area contributed by atoms with Gasteiger partial charge in [0, 0.05) is 44.2 Å². The van der Waals surface area contributed by atoms with Crippen molar-refractivity contribution in [1.29, 1.82) is 0 Å². The summed E-state index contributed by atoms with van der Waals surface area (Å²) in [6, 6.07) is 8.10. The van der Waals surface area contributed by atoms with Gasteiger partial charge in [-0.3, -0.25) is 4.79 Å². The van der Waals surface area contributed by atoms with Gasteiger partial charge in [0.05, 0.1) is 7.11 Å². The Balaban J connectivity index is 1.18. The van der Waals surface area contributed by atoms with Crippen LogP contribution < -0.4 is 15.0 Å². The van der Waals surface area contributed by atoms with E-state index in [1.165, 1.54) is 19.5 Å². The van der Waals surface area contributed by atoms with Crippen LogP contribution in [-0.4, -0.2) is 67.3 Å². The molecule has 0 unspecified atom stereocenters. The summed E-state index contributed by atoms with van der Waals surface area (Å²) in [5, 5.41) is 7.28. The molecule has 180 valence electrons. The zero-order valence-corrected chi connectivity index (χ0v) is 20.1. The Morgan fingerprint density at radius 2 is 1.85 bits per heavy atom. The molecule has 2 aliphatic heterocycles. The minimum atomic E-state index is 0.0558. The lowest BCUT2D eigenvalue weighted by Crippen LogP contribution is -2.42. The quantitative estimate of drug-likeness (QED) is 0.611. The molecule has 0 spiro atoms. The van der Waals surface area contributed by atoms with Gasteiger partial charge in [0.1, 0.15) is 5.75 Å². The van der Waals surface area contributed by atoms with Crippen LogP contribution in [0.5, 0.6) is 5.75 Å². The summed E-state index contributed by atoms with van der Waals surface area (Å²) in [4.78, 5) is 21.8. The van der Waals surface area contributed by atoms with Gasteiger partial charge >= 0.3 is 6.01 Å². The highest BCUT2D eigenvalue weighted by molar-refractivity contribution is 5.78. The van der Waals surface area contributed by atoms with E-state index in [1.54, 1.807) is 7.11 Å². The highest BCUT2D eigenvalue weighted by Gasteiger charge is 2.27. The molecule has 1 aromatic carbocycles. The first-order valence-corrected chi connectivity index (χ1v) is 12.2. The van der Waals surface area contributed by atoms with Crippen LogP contribution in [0.4, 0.5) is 6.01 Å². The van der Waals surface area contributed by atoms with Crippen molar-refractivity contribution in [3.8, 4) is 17.1 Å². The molecule has 0 saturated carbocycles. The Morgan fingerprint density at radius 3 is 2.52 bits per heavy atom. The van der Waals surface area contributed by atoms with E-state index in [1.807, 2.05) is 24.3 Å².